The Labute approximate surface area is 136 Å². The first-order chi connectivity index (χ1) is 10.7. The minimum atomic E-state index is -0.525. The molecule has 0 aromatic heterocycles. The number of carbonyl (C=O) groups is 2. The molecular weight excluding hydrogens is 296 g/mol. The molecule has 120 valence electrons. The Bertz CT molecular complexity index is 493. The van der Waals surface area contributed by atoms with Gasteiger partial charge in [-0.1, -0.05) is 25.1 Å². The van der Waals surface area contributed by atoms with Crippen molar-refractivity contribution in [3.8, 4) is 0 Å². The minimum Gasteiger partial charge on any atom is -0.355 e. The summed E-state index contributed by atoms with van der Waals surface area (Å²) in [5, 5.41) is 2.90. The van der Waals surface area contributed by atoms with E-state index in [9.17, 15) is 9.59 Å². The van der Waals surface area contributed by atoms with Crippen LogP contribution in [0.2, 0.25) is 0 Å². The molecule has 2 amide bonds. The van der Waals surface area contributed by atoms with E-state index in [2.05, 4.69) is 12.2 Å². The number of nitrogens with zero attached hydrogens (tertiary/aromatic N) is 1. The maximum absolute atomic E-state index is 12.4. The van der Waals surface area contributed by atoms with Crippen molar-refractivity contribution in [1.29, 1.82) is 0 Å². The summed E-state index contributed by atoms with van der Waals surface area (Å²) in [5.74, 6) is 1.50. The Morgan fingerprint density at radius 3 is 2.82 bits per heavy atom. The Morgan fingerprint density at radius 2 is 2.09 bits per heavy atom. The molecule has 1 fully saturated rings. The van der Waals surface area contributed by atoms with Crippen LogP contribution < -0.4 is 10.2 Å². The van der Waals surface area contributed by atoms with Crippen molar-refractivity contribution in [2.45, 2.75) is 26.2 Å². The van der Waals surface area contributed by atoms with Gasteiger partial charge in [-0.3, -0.25) is 9.59 Å². The molecule has 0 bridgehead atoms. The molecule has 1 aromatic carbocycles. The zero-order valence-corrected chi connectivity index (χ0v) is 13.9. The van der Waals surface area contributed by atoms with E-state index >= 15 is 0 Å². The third-order valence-electron chi connectivity index (χ3n) is 3.70. The van der Waals surface area contributed by atoms with Crippen LogP contribution in [0.1, 0.15) is 26.2 Å². The summed E-state index contributed by atoms with van der Waals surface area (Å²) < 4.78 is 0. The molecule has 4 nitrogen and oxygen atoms in total. The highest BCUT2D eigenvalue weighted by Gasteiger charge is 2.37. The molecule has 0 saturated carbocycles. The number of hydrogen-bond acceptors (Lipinski definition) is 3. The third-order valence-corrected chi connectivity index (χ3v) is 4.98. The number of carbonyl (C=O) groups excluding carboxylic acids is 2. The first kappa shape index (κ1) is 16.9. The molecule has 1 unspecified atom stereocenters. The van der Waals surface area contributed by atoms with Crippen LogP contribution in [0.5, 0.6) is 0 Å². The second kappa shape index (κ2) is 8.83. The van der Waals surface area contributed by atoms with E-state index in [1.807, 2.05) is 42.1 Å². The van der Waals surface area contributed by atoms with Gasteiger partial charge in [0.25, 0.3) is 0 Å². The molecule has 1 aliphatic rings. The van der Waals surface area contributed by atoms with Crippen LogP contribution >= 0.6 is 11.8 Å². The topological polar surface area (TPSA) is 49.4 Å². The van der Waals surface area contributed by atoms with E-state index in [0.717, 1.165) is 17.9 Å². The van der Waals surface area contributed by atoms with E-state index in [4.69, 9.17) is 0 Å². The maximum Gasteiger partial charge on any atom is 0.239 e. The highest BCUT2D eigenvalue weighted by Crippen LogP contribution is 2.24. The zero-order valence-electron chi connectivity index (χ0n) is 13.1. The molecule has 1 aromatic rings. The summed E-state index contributed by atoms with van der Waals surface area (Å²) in [6, 6.07) is 9.55. The quantitative estimate of drug-likeness (QED) is 0.592. The summed E-state index contributed by atoms with van der Waals surface area (Å²) in [6.45, 7) is 3.44. The highest BCUT2D eigenvalue weighted by molar-refractivity contribution is 7.99. The minimum absolute atomic E-state index is 0.0796. The maximum atomic E-state index is 12.4. The van der Waals surface area contributed by atoms with E-state index in [-0.39, 0.29) is 11.8 Å². The van der Waals surface area contributed by atoms with Crippen LogP contribution in [0.15, 0.2) is 30.3 Å². The number of rotatable bonds is 8. The Balaban J connectivity index is 1.76. The van der Waals surface area contributed by atoms with Gasteiger partial charge in [-0.15, -0.1) is 0 Å². The largest absolute Gasteiger partial charge is 0.355 e. The Kier molecular flexibility index (Phi) is 6.77. The fraction of sp³-hybridized carbons (Fsp3) is 0.529. The van der Waals surface area contributed by atoms with Gasteiger partial charge in [0, 0.05) is 18.8 Å². The number of benzene rings is 1. The normalized spacial score (nSPS) is 17.8. The van der Waals surface area contributed by atoms with Crippen LogP contribution in [0, 0.1) is 5.92 Å². The lowest BCUT2D eigenvalue weighted by atomic mass is 10.1. The van der Waals surface area contributed by atoms with Gasteiger partial charge >= 0.3 is 0 Å². The van der Waals surface area contributed by atoms with Gasteiger partial charge in [0.1, 0.15) is 5.92 Å². The average Bonchev–Trinajstić information content (AvgIpc) is 2.93. The van der Waals surface area contributed by atoms with Crippen molar-refractivity contribution in [3.05, 3.63) is 30.3 Å². The van der Waals surface area contributed by atoms with Gasteiger partial charge in [-0.25, -0.2) is 0 Å². The second-order valence-corrected chi connectivity index (χ2v) is 6.65. The molecule has 0 aliphatic carbocycles. The zero-order chi connectivity index (χ0) is 15.8. The highest BCUT2D eigenvalue weighted by atomic mass is 32.2. The van der Waals surface area contributed by atoms with E-state index in [1.165, 1.54) is 12.2 Å². The second-order valence-electron chi connectivity index (χ2n) is 5.42. The molecule has 1 aliphatic heterocycles. The standard InChI is InChI=1S/C17H24N2O2S/c1-2-12-22-13-6-10-18-16(20)15-9-11-19(17(15)21)14-7-4-3-5-8-14/h3-5,7-8,15H,2,6,9-13H2,1H3,(H,18,20). The molecular formula is C17H24N2O2S. The van der Waals surface area contributed by atoms with Crippen LogP contribution in [0.3, 0.4) is 0 Å². The van der Waals surface area contributed by atoms with E-state index < -0.39 is 5.92 Å². The predicted molar refractivity (Wildman–Crippen MR) is 92.1 cm³/mol. The van der Waals surface area contributed by atoms with Crippen molar-refractivity contribution in [2.24, 2.45) is 5.92 Å². The number of para-hydroxylation sites is 1. The number of thioether (sulfide) groups is 1. The lowest BCUT2D eigenvalue weighted by Gasteiger charge is -2.16. The van der Waals surface area contributed by atoms with Crippen molar-refractivity contribution in [3.63, 3.8) is 0 Å². The molecule has 1 atom stereocenters. The summed E-state index contributed by atoms with van der Waals surface area (Å²) in [4.78, 5) is 26.2. The first-order valence-electron chi connectivity index (χ1n) is 7.96. The van der Waals surface area contributed by atoms with Crippen LogP contribution in [0.4, 0.5) is 5.69 Å². The fourth-order valence-corrected chi connectivity index (χ4v) is 3.38. The summed E-state index contributed by atoms with van der Waals surface area (Å²) in [5.41, 5.74) is 0.874. The van der Waals surface area contributed by atoms with Gasteiger partial charge in [0.05, 0.1) is 0 Å². The molecule has 22 heavy (non-hydrogen) atoms. The molecule has 0 spiro atoms. The van der Waals surface area contributed by atoms with Gasteiger partial charge < -0.3 is 10.2 Å². The molecule has 1 N–H and O–H groups in total. The lowest BCUT2D eigenvalue weighted by Crippen LogP contribution is -2.37. The number of anilines is 1. The number of nitrogens with one attached hydrogen (secondary N) is 1. The predicted octanol–water partition coefficient (Wildman–Crippen LogP) is 2.69. The van der Waals surface area contributed by atoms with E-state index in [0.29, 0.717) is 19.5 Å². The number of hydrogen-bond donors (Lipinski definition) is 1. The SMILES string of the molecule is CCCSCCCNC(=O)C1CCN(c2ccccc2)C1=O. The third kappa shape index (κ3) is 4.50. The van der Waals surface area contributed by atoms with Crippen molar-refractivity contribution >= 4 is 29.3 Å². The average molecular weight is 320 g/mol. The molecule has 0 radical (unpaired) electrons. The van der Waals surface area contributed by atoms with Crippen LogP contribution in [0.25, 0.3) is 0 Å². The van der Waals surface area contributed by atoms with Gasteiger partial charge in [-0.2, -0.15) is 11.8 Å². The smallest absolute Gasteiger partial charge is 0.239 e. The first-order valence-corrected chi connectivity index (χ1v) is 9.11. The van der Waals surface area contributed by atoms with Gasteiger partial charge in [0.15, 0.2) is 0 Å². The van der Waals surface area contributed by atoms with Gasteiger partial charge in [0.2, 0.25) is 11.8 Å². The summed E-state index contributed by atoms with van der Waals surface area (Å²) in [7, 11) is 0. The molecule has 1 saturated heterocycles. The molecule has 5 heteroatoms. The Morgan fingerprint density at radius 1 is 1.32 bits per heavy atom. The van der Waals surface area contributed by atoms with E-state index in [1.54, 1.807) is 4.90 Å². The van der Waals surface area contributed by atoms with Crippen molar-refractivity contribution < 1.29 is 9.59 Å². The van der Waals surface area contributed by atoms with Crippen LogP contribution in [-0.2, 0) is 9.59 Å². The van der Waals surface area contributed by atoms with Crippen molar-refractivity contribution in [1.82, 2.24) is 5.32 Å². The lowest BCUT2D eigenvalue weighted by molar-refractivity contribution is -0.132. The molecule has 2 rings (SSSR count). The number of amides is 2. The van der Waals surface area contributed by atoms with Gasteiger partial charge in [-0.05, 0) is 42.9 Å². The summed E-state index contributed by atoms with van der Waals surface area (Å²) in [6.07, 6.45) is 2.74. The fourth-order valence-electron chi connectivity index (χ4n) is 2.54. The van der Waals surface area contributed by atoms with Crippen molar-refractivity contribution in [2.75, 3.05) is 29.5 Å². The van der Waals surface area contributed by atoms with Crippen LogP contribution in [-0.4, -0.2) is 36.4 Å². The monoisotopic (exact) mass is 320 g/mol. The molecule has 1 heterocycles. The summed E-state index contributed by atoms with van der Waals surface area (Å²) >= 11 is 1.91. The Hall–Kier alpha value is -1.49.